The molecule has 26 heavy (non-hydrogen) atoms. The maximum Gasteiger partial charge on any atom is 0.253 e. The fraction of sp³-hybridized carbons (Fsp3) is 0.278. The Labute approximate surface area is 151 Å². The summed E-state index contributed by atoms with van der Waals surface area (Å²) in [6, 6.07) is 14.5. The van der Waals surface area contributed by atoms with Crippen LogP contribution >= 0.6 is 11.0 Å². The van der Waals surface area contributed by atoms with Crippen molar-refractivity contribution in [1.82, 2.24) is 0 Å². The number of anilines is 2. The zero-order chi connectivity index (χ0) is 18.7. The highest BCUT2D eigenvalue weighted by molar-refractivity contribution is 8.26. The Kier molecular flexibility index (Phi) is 3.67. The van der Waals surface area contributed by atoms with Crippen molar-refractivity contribution in [2.75, 3.05) is 22.2 Å². The predicted octanol–water partition coefficient (Wildman–Crippen LogP) is 4.72. The Bertz CT molecular complexity index is 929. The Balaban J connectivity index is 1.74. The van der Waals surface area contributed by atoms with Crippen LogP contribution in [0, 0.1) is 17.2 Å². The molecule has 1 fully saturated rings. The van der Waals surface area contributed by atoms with Crippen LogP contribution in [0.4, 0.5) is 20.2 Å². The van der Waals surface area contributed by atoms with Gasteiger partial charge in [-0.25, -0.2) is 8.78 Å². The molecule has 4 rings (SSSR count). The lowest BCUT2D eigenvalue weighted by molar-refractivity contribution is 0.101. The molecule has 5 nitrogen and oxygen atoms in total. The van der Waals surface area contributed by atoms with E-state index in [9.17, 15) is 23.1 Å². The molecular formula is C18H17F2N3O2S. The Morgan fingerprint density at radius 2 is 1.92 bits per heavy atom. The number of halogens is 2. The molecule has 0 amide bonds. The van der Waals surface area contributed by atoms with Gasteiger partial charge in [0.2, 0.25) is 0 Å². The van der Waals surface area contributed by atoms with Crippen molar-refractivity contribution in [1.29, 1.82) is 5.26 Å². The molecule has 0 radical (unpaired) electrons. The summed E-state index contributed by atoms with van der Waals surface area (Å²) in [5, 5.41) is 9.29. The number of benzene rings is 2. The molecule has 1 heterocycles. The molecule has 1 saturated carbocycles. The quantitative estimate of drug-likeness (QED) is 0.810. The Morgan fingerprint density at radius 3 is 2.58 bits per heavy atom. The van der Waals surface area contributed by atoms with Crippen molar-refractivity contribution < 1.29 is 17.9 Å². The number of nitriles is 1. The van der Waals surface area contributed by atoms with Crippen LogP contribution in [-0.2, 0) is 0 Å². The molecule has 2 aromatic rings. The maximum atomic E-state index is 13.3. The van der Waals surface area contributed by atoms with Crippen molar-refractivity contribution >= 4 is 22.3 Å². The molecule has 8 heteroatoms. The highest BCUT2D eigenvalue weighted by Crippen LogP contribution is 2.63. The van der Waals surface area contributed by atoms with Gasteiger partial charge in [0.1, 0.15) is 0 Å². The molecule has 1 aliphatic heterocycles. The Morgan fingerprint density at radius 1 is 1.23 bits per heavy atom. The molecule has 136 valence electrons. The van der Waals surface area contributed by atoms with Crippen LogP contribution < -0.4 is 8.61 Å². The number of hydrogen-bond acceptors (Lipinski definition) is 5. The first kappa shape index (κ1) is 17.1. The molecule has 0 saturated heterocycles. The Hall–Kier alpha value is -2.34. The van der Waals surface area contributed by atoms with Gasteiger partial charge in [0, 0.05) is 25.9 Å². The second-order valence-electron chi connectivity index (χ2n) is 6.57. The molecule has 1 aliphatic carbocycles. The van der Waals surface area contributed by atoms with E-state index in [-0.39, 0.29) is 13.0 Å². The van der Waals surface area contributed by atoms with Crippen LogP contribution in [0.15, 0.2) is 42.5 Å². The van der Waals surface area contributed by atoms with Crippen LogP contribution in [0.5, 0.6) is 0 Å². The van der Waals surface area contributed by atoms with Crippen LogP contribution in [0.1, 0.15) is 12.0 Å². The summed E-state index contributed by atoms with van der Waals surface area (Å²) >= 11 is 0. The summed E-state index contributed by atoms with van der Waals surface area (Å²) in [7, 11) is -1.85. The van der Waals surface area contributed by atoms with Crippen molar-refractivity contribution in [2.45, 2.75) is 12.3 Å². The second kappa shape index (κ2) is 5.58. The third-order valence-corrected chi connectivity index (χ3v) is 6.82. The minimum absolute atomic E-state index is 0.110. The van der Waals surface area contributed by atoms with Gasteiger partial charge < -0.3 is 0 Å². The zero-order valence-corrected chi connectivity index (χ0v) is 14.7. The van der Waals surface area contributed by atoms with Crippen molar-refractivity contribution in [3.05, 3.63) is 48.0 Å². The molecule has 0 aromatic heterocycles. The van der Waals surface area contributed by atoms with E-state index in [2.05, 4.69) is 6.07 Å². The molecule has 0 bridgehead atoms. The molecule has 2 N–H and O–H groups in total. The molecule has 2 aromatic carbocycles. The number of rotatable bonds is 3. The normalized spacial score (nSPS) is 23.3. The zero-order valence-electron chi connectivity index (χ0n) is 13.9. The first-order chi connectivity index (χ1) is 12.3. The fourth-order valence-electron chi connectivity index (χ4n) is 3.26. The van der Waals surface area contributed by atoms with Gasteiger partial charge in [0.05, 0.1) is 23.0 Å². The molecule has 2 aliphatic rings. The summed E-state index contributed by atoms with van der Waals surface area (Å²) in [5.74, 6) is -3.60. The second-order valence-corrected chi connectivity index (χ2v) is 8.54. The average molecular weight is 377 g/mol. The highest BCUT2D eigenvalue weighted by atomic mass is 32.3. The molecule has 1 unspecified atom stereocenters. The van der Waals surface area contributed by atoms with E-state index in [1.54, 1.807) is 30.3 Å². The van der Waals surface area contributed by atoms with E-state index in [1.165, 1.54) is 15.7 Å². The highest BCUT2D eigenvalue weighted by Gasteiger charge is 2.59. The minimum Gasteiger partial charge on any atom is -0.264 e. The molecule has 0 spiro atoms. The molecule has 1 atom stereocenters. The third kappa shape index (κ3) is 2.51. The van der Waals surface area contributed by atoms with E-state index >= 15 is 0 Å². The van der Waals surface area contributed by atoms with Crippen molar-refractivity contribution in [2.24, 2.45) is 5.92 Å². The number of fused-ring (bicyclic) bond motifs is 1. The average Bonchev–Trinajstić information content (AvgIpc) is 3.19. The maximum absolute atomic E-state index is 13.3. The summed E-state index contributed by atoms with van der Waals surface area (Å²) < 4.78 is 50.3. The summed E-state index contributed by atoms with van der Waals surface area (Å²) in [4.78, 5) is 0. The van der Waals surface area contributed by atoms with Gasteiger partial charge in [-0.3, -0.25) is 17.7 Å². The van der Waals surface area contributed by atoms with Crippen molar-refractivity contribution in [3.8, 4) is 17.2 Å². The lowest BCUT2D eigenvalue weighted by Crippen LogP contribution is -2.33. The van der Waals surface area contributed by atoms with Crippen LogP contribution in [-0.4, -0.2) is 28.6 Å². The smallest absolute Gasteiger partial charge is 0.253 e. The monoisotopic (exact) mass is 377 g/mol. The van der Waals surface area contributed by atoms with Gasteiger partial charge in [-0.1, -0.05) is 24.3 Å². The van der Waals surface area contributed by atoms with Crippen molar-refractivity contribution in [3.63, 3.8) is 0 Å². The SMILES string of the molecule is CN1c2cc(-c3ccccc3C#N)ccc2N(CC2CC2(F)F)S1(O)O. The summed E-state index contributed by atoms with van der Waals surface area (Å²) in [6.45, 7) is -0.110. The lowest BCUT2D eigenvalue weighted by Gasteiger charge is -2.42. The van der Waals surface area contributed by atoms with Crippen LogP contribution in [0.2, 0.25) is 0 Å². The lowest BCUT2D eigenvalue weighted by atomic mass is 9.99. The van der Waals surface area contributed by atoms with Gasteiger partial charge in [-0.05, 0) is 40.3 Å². The number of hydrogen-bond donors (Lipinski definition) is 2. The van der Waals surface area contributed by atoms with Crippen LogP contribution in [0.3, 0.4) is 0 Å². The topological polar surface area (TPSA) is 70.7 Å². The predicted molar refractivity (Wildman–Crippen MR) is 98.2 cm³/mol. The number of nitrogens with zero attached hydrogens (tertiary/aromatic N) is 3. The van der Waals surface area contributed by atoms with E-state index < -0.39 is 22.8 Å². The van der Waals surface area contributed by atoms with Crippen LogP contribution in [0.25, 0.3) is 11.1 Å². The summed E-state index contributed by atoms with van der Waals surface area (Å²) in [5.41, 5.74) is 3.04. The number of alkyl halides is 2. The van der Waals surface area contributed by atoms with Gasteiger partial charge in [0.25, 0.3) is 5.92 Å². The van der Waals surface area contributed by atoms with Gasteiger partial charge in [-0.15, -0.1) is 0 Å². The van der Waals surface area contributed by atoms with Gasteiger partial charge in [-0.2, -0.15) is 5.26 Å². The first-order valence-corrected chi connectivity index (χ1v) is 9.53. The fourth-order valence-corrected chi connectivity index (χ4v) is 4.77. The first-order valence-electron chi connectivity index (χ1n) is 8.07. The van der Waals surface area contributed by atoms with Gasteiger partial charge >= 0.3 is 0 Å². The molecular weight excluding hydrogens is 360 g/mol. The van der Waals surface area contributed by atoms with E-state index in [0.29, 0.717) is 16.9 Å². The summed E-state index contributed by atoms with van der Waals surface area (Å²) in [6.07, 6.45) is -0.230. The third-order valence-electron chi connectivity index (χ3n) is 4.95. The minimum atomic E-state index is -3.38. The van der Waals surface area contributed by atoms with E-state index in [0.717, 1.165) is 11.1 Å². The standard InChI is InChI=1S/C18H17F2N3O2S/c1-22-17-8-12(15-5-3-2-4-13(15)10-21)6-7-16(17)23(26(22,24)25)11-14-9-18(14,19)20/h2-8,14,24-25H,9,11H2,1H3. The largest absolute Gasteiger partial charge is 0.264 e. The van der Waals surface area contributed by atoms with E-state index in [1.807, 2.05) is 12.1 Å². The van der Waals surface area contributed by atoms with Gasteiger partial charge in [0.15, 0.2) is 0 Å². The van der Waals surface area contributed by atoms with E-state index in [4.69, 9.17) is 0 Å².